The average molecular weight is 265 g/mol. The molecule has 1 aliphatic heterocycles. The van der Waals surface area contributed by atoms with Crippen LogP contribution in [-0.4, -0.2) is 43.4 Å². The van der Waals surface area contributed by atoms with E-state index in [1.54, 1.807) is 11.8 Å². The molecule has 0 aromatic heterocycles. The second-order valence-corrected chi connectivity index (χ2v) is 5.71. The lowest BCUT2D eigenvalue weighted by molar-refractivity contribution is 0.163. The minimum absolute atomic E-state index is 0.0963. The first-order chi connectivity index (χ1) is 8.72. The van der Waals surface area contributed by atoms with Gasteiger partial charge < -0.3 is 11.1 Å². The summed E-state index contributed by atoms with van der Waals surface area (Å²) in [6, 6.07) is 9.13. The van der Waals surface area contributed by atoms with Crippen LogP contribution in [0, 0.1) is 0 Å². The molecule has 0 saturated carbocycles. The molecule has 2 atom stereocenters. The fraction of sp³-hybridized carbons (Fsp3) is 0.571. The number of hydrogen-bond donors (Lipinski definition) is 2. The van der Waals surface area contributed by atoms with Crippen LogP contribution in [0.4, 0.5) is 0 Å². The van der Waals surface area contributed by atoms with Crippen molar-refractivity contribution in [3.05, 3.63) is 29.8 Å². The summed E-state index contributed by atoms with van der Waals surface area (Å²) in [4.78, 5) is 3.77. The van der Waals surface area contributed by atoms with Gasteiger partial charge in [-0.15, -0.1) is 11.8 Å². The molecule has 1 aromatic rings. The summed E-state index contributed by atoms with van der Waals surface area (Å²) in [5, 5.41) is 3.38. The fourth-order valence-electron chi connectivity index (χ4n) is 2.42. The molecule has 18 heavy (non-hydrogen) atoms. The van der Waals surface area contributed by atoms with Crippen LogP contribution in [0.1, 0.15) is 18.5 Å². The van der Waals surface area contributed by atoms with E-state index in [4.69, 9.17) is 5.73 Å². The molecule has 0 spiro atoms. The van der Waals surface area contributed by atoms with Crippen LogP contribution < -0.4 is 11.1 Å². The molecule has 0 radical (unpaired) electrons. The lowest BCUT2D eigenvalue weighted by Gasteiger charge is -2.36. The molecule has 1 heterocycles. The molecular formula is C14H23N3S. The average Bonchev–Trinajstić information content (AvgIpc) is 2.47. The monoisotopic (exact) mass is 265 g/mol. The van der Waals surface area contributed by atoms with Gasteiger partial charge in [-0.2, -0.15) is 0 Å². The molecule has 1 aliphatic rings. The summed E-state index contributed by atoms with van der Waals surface area (Å²) in [6.45, 7) is 6.57. The predicted octanol–water partition coefficient (Wildman–Crippen LogP) is 1.70. The highest BCUT2D eigenvalue weighted by Crippen LogP contribution is 2.22. The van der Waals surface area contributed by atoms with Gasteiger partial charge in [0.05, 0.1) is 0 Å². The maximum absolute atomic E-state index is 6.39. The quantitative estimate of drug-likeness (QED) is 0.813. The van der Waals surface area contributed by atoms with Gasteiger partial charge in [0.1, 0.15) is 0 Å². The topological polar surface area (TPSA) is 41.3 Å². The van der Waals surface area contributed by atoms with Crippen molar-refractivity contribution in [2.75, 3.05) is 32.4 Å². The first-order valence-corrected chi connectivity index (χ1v) is 7.79. The van der Waals surface area contributed by atoms with Crippen molar-refractivity contribution in [3.8, 4) is 0 Å². The zero-order valence-corrected chi connectivity index (χ0v) is 12.0. The fourth-order valence-corrected chi connectivity index (χ4v) is 2.83. The first kappa shape index (κ1) is 13.9. The summed E-state index contributed by atoms with van der Waals surface area (Å²) < 4.78 is 0. The smallest absolute Gasteiger partial charge is 0.0450 e. The Labute approximate surface area is 114 Å². The van der Waals surface area contributed by atoms with Crippen LogP contribution in [0.3, 0.4) is 0 Å². The van der Waals surface area contributed by atoms with Gasteiger partial charge in [-0.1, -0.05) is 12.1 Å². The van der Waals surface area contributed by atoms with E-state index in [0.29, 0.717) is 6.04 Å². The molecule has 2 unspecified atom stereocenters. The third-order valence-electron chi connectivity index (χ3n) is 3.75. The van der Waals surface area contributed by atoms with Crippen LogP contribution >= 0.6 is 11.8 Å². The lowest BCUT2D eigenvalue weighted by atomic mass is 10.00. The van der Waals surface area contributed by atoms with Gasteiger partial charge in [0.15, 0.2) is 0 Å². The number of benzene rings is 1. The minimum Gasteiger partial charge on any atom is -0.323 e. The zero-order chi connectivity index (χ0) is 13.0. The first-order valence-electron chi connectivity index (χ1n) is 6.56. The molecule has 1 aromatic carbocycles. The van der Waals surface area contributed by atoms with E-state index >= 15 is 0 Å². The Balaban J connectivity index is 2.01. The third-order valence-corrected chi connectivity index (χ3v) is 4.49. The van der Waals surface area contributed by atoms with Crippen LogP contribution in [-0.2, 0) is 0 Å². The molecule has 100 valence electrons. The van der Waals surface area contributed by atoms with Crippen molar-refractivity contribution in [2.24, 2.45) is 5.73 Å². The van der Waals surface area contributed by atoms with Crippen molar-refractivity contribution in [1.29, 1.82) is 0 Å². The highest BCUT2D eigenvalue weighted by Gasteiger charge is 2.22. The summed E-state index contributed by atoms with van der Waals surface area (Å²) in [6.07, 6.45) is 2.10. The Morgan fingerprint density at radius 3 is 2.39 bits per heavy atom. The summed E-state index contributed by atoms with van der Waals surface area (Å²) in [5.74, 6) is 0. The molecule has 0 bridgehead atoms. The van der Waals surface area contributed by atoms with Crippen LogP contribution in [0.2, 0.25) is 0 Å². The van der Waals surface area contributed by atoms with E-state index in [1.165, 1.54) is 10.5 Å². The van der Waals surface area contributed by atoms with Gasteiger partial charge in [-0.25, -0.2) is 0 Å². The Hall–Kier alpha value is -0.550. The zero-order valence-electron chi connectivity index (χ0n) is 11.2. The van der Waals surface area contributed by atoms with Gasteiger partial charge >= 0.3 is 0 Å². The van der Waals surface area contributed by atoms with E-state index in [-0.39, 0.29) is 6.04 Å². The summed E-state index contributed by atoms with van der Waals surface area (Å²) in [7, 11) is 0. The van der Waals surface area contributed by atoms with Crippen molar-refractivity contribution >= 4 is 11.8 Å². The SMILES string of the molecule is CSc1ccc(C(N)C(C)N2CCNCC2)cc1. The molecule has 2 rings (SSSR count). The van der Waals surface area contributed by atoms with Gasteiger partial charge in [-0.3, -0.25) is 4.90 Å². The van der Waals surface area contributed by atoms with Crippen molar-refractivity contribution in [1.82, 2.24) is 10.2 Å². The third kappa shape index (κ3) is 3.26. The van der Waals surface area contributed by atoms with Gasteiger partial charge in [0.25, 0.3) is 0 Å². The van der Waals surface area contributed by atoms with Crippen molar-refractivity contribution in [2.45, 2.75) is 23.9 Å². The van der Waals surface area contributed by atoms with E-state index < -0.39 is 0 Å². The second kappa shape index (κ2) is 6.57. The molecule has 0 aliphatic carbocycles. The van der Waals surface area contributed by atoms with Crippen molar-refractivity contribution in [3.63, 3.8) is 0 Å². The number of nitrogens with two attached hydrogens (primary N) is 1. The predicted molar refractivity (Wildman–Crippen MR) is 79.1 cm³/mol. The molecule has 0 amide bonds. The Kier molecular flexibility index (Phi) is 5.06. The number of thioether (sulfide) groups is 1. The highest BCUT2D eigenvalue weighted by atomic mass is 32.2. The Morgan fingerprint density at radius 2 is 1.83 bits per heavy atom. The summed E-state index contributed by atoms with van der Waals surface area (Å²) >= 11 is 1.77. The van der Waals surface area contributed by atoms with Gasteiger partial charge in [0.2, 0.25) is 0 Å². The van der Waals surface area contributed by atoms with Gasteiger partial charge in [0, 0.05) is 43.2 Å². The largest absolute Gasteiger partial charge is 0.323 e. The standard InChI is InChI=1S/C14H23N3S/c1-11(17-9-7-16-8-10-17)14(15)12-3-5-13(18-2)6-4-12/h3-6,11,14,16H,7-10,15H2,1-2H3. The maximum atomic E-state index is 6.39. The molecule has 3 nitrogen and oxygen atoms in total. The van der Waals surface area contributed by atoms with Crippen LogP contribution in [0.15, 0.2) is 29.2 Å². The van der Waals surface area contributed by atoms with Crippen LogP contribution in [0.5, 0.6) is 0 Å². The van der Waals surface area contributed by atoms with E-state index in [2.05, 4.69) is 47.7 Å². The second-order valence-electron chi connectivity index (χ2n) is 4.83. The Bertz CT molecular complexity index is 360. The highest BCUT2D eigenvalue weighted by molar-refractivity contribution is 7.98. The maximum Gasteiger partial charge on any atom is 0.0450 e. The normalized spacial score (nSPS) is 20.6. The molecule has 1 fully saturated rings. The van der Waals surface area contributed by atoms with E-state index in [1.807, 2.05) is 0 Å². The van der Waals surface area contributed by atoms with Crippen LogP contribution in [0.25, 0.3) is 0 Å². The molecule has 1 saturated heterocycles. The number of nitrogens with zero attached hydrogens (tertiary/aromatic N) is 1. The van der Waals surface area contributed by atoms with E-state index in [9.17, 15) is 0 Å². The number of nitrogens with one attached hydrogen (secondary N) is 1. The molecule has 4 heteroatoms. The number of hydrogen-bond acceptors (Lipinski definition) is 4. The summed E-state index contributed by atoms with van der Waals surface area (Å²) in [5.41, 5.74) is 7.63. The lowest BCUT2D eigenvalue weighted by Crippen LogP contribution is -2.50. The minimum atomic E-state index is 0.0963. The number of piperazine rings is 1. The Morgan fingerprint density at radius 1 is 1.22 bits per heavy atom. The number of rotatable bonds is 4. The molecular weight excluding hydrogens is 242 g/mol. The molecule has 3 N–H and O–H groups in total. The van der Waals surface area contributed by atoms with Crippen molar-refractivity contribution < 1.29 is 0 Å². The van der Waals surface area contributed by atoms with E-state index in [0.717, 1.165) is 26.2 Å². The van der Waals surface area contributed by atoms with Gasteiger partial charge in [-0.05, 0) is 30.9 Å².